The normalized spacial score (nSPS) is 10.8. The first-order valence-electron chi connectivity index (χ1n) is 8.25. The lowest BCUT2D eigenvalue weighted by molar-refractivity contribution is -0.185. The lowest BCUT2D eigenvalue weighted by atomic mass is 10.1. The van der Waals surface area contributed by atoms with E-state index in [0.717, 1.165) is 16.7 Å². The third kappa shape index (κ3) is 4.49. The summed E-state index contributed by atoms with van der Waals surface area (Å²) in [5, 5.41) is 0. The monoisotopic (exact) mass is 348 g/mol. The second kappa shape index (κ2) is 7.41. The van der Waals surface area contributed by atoms with Crippen LogP contribution in [0.25, 0.3) is 0 Å². The molecule has 0 N–H and O–H groups in total. The summed E-state index contributed by atoms with van der Waals surface area (Å²) >= 11 is 0. The lowest BCUT2D eigenvalue weighted by Crippen LogP contribution is -2.21. The Labute approximate surface area is 152 Å². The van der Waals surface area contributed by atoms with Crippen molar-refractivity contribution in [3.05, 3.63) is 101 Å². The van der Waals surface area contributed by atoms with E-state index >= 15 is 0 Å². The second-order valence-electron chi connectivity index (χ2n) is 6.13. The van der Waals surface area contributed by atoms with Crippen molar-refractivity contribution in [2.24, 2.45) is 0 Å². The van der Waals surface area contributed by atoms with Gasteiger partial charge in [0.25, 0.3) is 0 Å². The molecular weight excluding hydrogens is 330 g/mol. The largest absolute Gasteiger partial charge is 0.429 e. The summed E-state index contributed by atoms with van der Waals surface area (Å²) < 4.78 is 33.5. The molecule has 3 aromatic rings. The summed E-state index contributed by atoms with van der Waals surface area (Å²) in [7, 11) is 0. The molecule has 3 rings (SSSR count). The number of hydrogen-bond donors (Lipinski definition) is 0. The maximum Gasteiger partial charge on any atom is 0.426 e. The van der Waals surface area contributed by atoms with Crippen LogP contribution in [0.4, 0.5) is 8.78 Å². The average Bonchev–Trinajstić information content (AvgIpc) is 2.63. The van der Waals surface area contributed by atoms with E-state index in [2.05, 4.69) is 11.8 Å². The zero-order chi connectivity index (χ0) is 18.6. The van der Waals surface area contributed by atoms with Gasteiger partial charge in [0.05, 0.1) is 5.56 Å². The fourth-order valence-electron chi connectivity index (χ4n) is 2.34. The number of aryl methyl sites for hydroxylation is 2. The third-order valence-electron chi connectivity index (χ3n) is 3.89. The van der Waals surface area contributed by atoms with Crippen LogP contribution in [-0.4, -0.2) is 0 Å². The molecule has 0 aliphatic carbocycles. The minimum atomic E-state index is -3.40. The highest BCUT2D eigenvalue weighted by atomic mass is 19.3. The van der Waals surface area contributed by atoms with Crippen LogP contribution in [0.1, 0.15) is 27.8 Å². The van der Waals surface area contributed by atoms with Crippen molar-refractivity contribution in [1.29, 1.82) is 0 Å². The fourth-order valence-corrected chi connectivity index (χ4v) is 2.34. The summed E-state index contributed by atoms with van der Waals surface area (Å²) in [5.41, 5.74) is 3.49. The molecule has 130 valence electrons. The minimum absolute atomic E-state index is 0.129. The van der Waals surface area contributed by atoms with Crippen LogP contribution in [0.5, 0.6) is 5.75 Å². The van der Waals surface area contributed by atoms with Gasteiger partial charge < -0.3 is 4.74 Å². The molecule has 0 fully saturated rings. The zero-order valence-electron chi connectivity index (χ0n) is 14.6. The number of halogens is 2. The Kier molecular flexibility index (Phi) is 5.04. The van der Waals surface area contributed by atoms with Crippen LogP contribution in [0, 0.1) is 25.7 Å². The van der Waals surface area contributed by atoms with Crippen molar-refractivity contribution < 1.29 is 13.5 Å². The van der Waals surface area contributed by atoms with E-state index < -0.39 is 6.11 Å². The molecule has 0 aliphatic rings. The quantitative estimate of drug-likeness (QED) is 0.541. The van der Waals surface area contributed by atoms with E-state index in [1.807, 2.05) is 38.1 Å². The summed E-state index contributed by atoms with van der Waals surface area (Å²) in [6.07, 6.45) is -3.40. The Morgan fingerprint density at radius 1 is 0.654 bits per heavy atom. The van der Waals surface area contributed by atoms with E-state index in [4.69, 9.17) is 4.74 Å². The molecule has 0 atom stereocenters. The Bertz CT molecular complexity index is 929. The number of benzene rings is 3. The van der Waals surface area contributed by atoms with Gasteiger partial charge in [-0.3, -0.25) is 0 Å². The standard InChI is InChI=1S/C23H18F2O/c1-17-3-7-19(8-4-17)9-10-20-11-13-21(14-12-20)23(24,25)26-22-15-5-18(2)6-16-22/h3-8,11-16H,1-2H3. The zero-order valence-corrected chi connectivity index (χ0v) is 14.6. The molecule has 3 aromatic carbocycles. The van der Waals surface area contributed by atoms with Crippen molar-refractivity contribution >= 4 is 0 Å². The van der Waals surface area contributed by atoms with Gasteiger partial charge in [0.2, 0.25) is 0 Å². The molecule has 0 aliphatic heterocycles. The van der Waals surface area contributed by atoms with Gasteiger partial charge in [0, 0.05) is 11.1 Å². The molecule has 3 heteroatoms. The summed E-state index contributed by atoms with van der Waals surface area (Å²) in [6, 6.07) is 20.2. The summed E-state index contributed by atoms with van der Waals surface area (Å²) in [6.45, 7) is 3.90. The smallest absolute Gasteiger partial charge is 0.426 e. The van der Waals surface area contributed by atoms with Crippen molar-refractivity contribution in [1.82, 2.24) is 0 Å². The predicted octanol–water partition coefficient (Wildman–Crippen LogP) is 5.83. The van der Waals surface area contributed by atoms with Gasteiger partial charge in [-0.1, -0.05) is 47.2 Å². The molecule has 0 spiro atoms. The van der Waals surface area contributed by atoms with Crippen molar-refractivity contribution in [3.63, 3.8) is 0 Å². The average molecular weight is 348 g/mol. The first kappa shape index (κ1) is 17.7. The second-order valence-corrected chi connectivity index (χ2v) is 6.13. The Morgan fingerprint density at radius 2 is 1.08 bits per heavy atom. The maximum atomic E-state index is 14.3. The SMILES string of the molecule is Cc1ccc(C#Cc2ccc(C(F)(F)Oc3ccc(C)cc3)cc2)cc1. The van der Waals surface area contributed by atoms with Crippen molar-refractivity contribution in [3.8, 4) is 17.6 Å². The van der Waals surface area contributed by atoms with Crippen LogP contribution < -0.4 is 4.74 Å². The van der Waals surface area contributed by atoms with E-state index in [1.165, 1.54) is 24.3 Å². The highest BCUT2D eigenvalue weighted by Gasteiger charge is 2.34. The molecule has 1 nitrogen and oxygen atoms in total. The summed E-state index contributed by atoms with van der Waals surface area (Å²) in [5.74, 6) is 6.13. The first-order valence-corrected chi connectivity index (χ1v) is 8.25. The van der Waals surface area contributed by atoms with Crippen LogP contribution >= 0.6 is 0 Å². The molecule has 0 saturated carbocycles. The maximum absolute atomic E-state index is 14.3. The van der Waals surface area contributed by atoms with Gasteiger partial charge in [-0.25, -0.2) is 0 Å². The Hall–Kier alpha value is -3.12. The van der Waals surface area contributed by atoms with Gasteiger partial charge in [-0.05, 0) is 62.4 Å². The number of ether oxygens (including phenoxy) is 1. The molecule has 0 heterocycles. The topological polar surface area (TPSA) is 9.23 Å². The van der Waals surface area contributed by atoms with Gasteiger partial charge in [0.1, 0.15) is 5.75 Å². The van der Waals surface area contributed by atoms with Crippen LogP contribution in [0.15, 0.2) is 72.8 Å². The third-order valence-corrected chi connectivity index (χ3v) is 3.89. The fraction of sp³-hybridized carbons (Fsp3) is 0.130. The Balaban J connectivity index is 1.74. The molecule has 0 bridgehead atoms. The Morgan fingerprint density at radius 3 is 1.58 bits per heavy atom. The van der Waals surface area contributed by atoms with Crippen molar-refractivity contribution in [2.75, 3.05) is 0 Å². The molecule has 0 aromatic heterocycles. The van der Waals surface area contributed by atoms with Crippen LogP contribution in [0.2, 0.25) is 0 Å². The van der Waals surface area contributed by atoms with E-state index in [1.54, 1.807) is 24.3 Å². The highest BCUT2D eigenvalue weighted by Crippen LogP contribution is 2.31. The number of rotatable bonds is 3. The molecule has 26 heavy (non-hydrogen) atoms. The molecule has 0 unspecified atom stereocenters. The van der Waals surface area contributed by atoms with Crippen molar-refractivity contribution in [2.45, 2.75) is 20.0 Å². The number of alkyl halides is 2. The van der Waals surface area contributed by atoms with E-state index in [-0.39, 0.29) is 11.3 Å². The van der Waals surface area contributed by atoms with Crippen LogP contribution in [-0.2, 0) is 6.11 Å². The van der Waals surface area contributed by atoms with Gasteiger partial charge in [-0.2, -0.15) is 8.78 Å². The van der Waals surface area contributed by atoms with Crippen LogP contribution in [0.3, 0.4) is 0 Å². The van der Waals surface area contributed by atoms with Gasteiger partial charge in [0.15, 0.2) is 0 Å². The lowest BCUT2D eigenvalue weighted by Gasteiger charge is -2.18. The molecule has 0 saturated heterocycles. The first-order chi connectivity index (χ1) is 12.4. The van der Waals surface area contributed by atoms with E-state index in [0.29, 0.717) is 5.56 Å². The predicted molar refractivity (Wildman–Crippen MR) is 99.3 cm³/mol. The summed E-state index contributed by atoms with van der Waals surface area (Å²) in [4.78, 5) is 0. The number of hydrogen-bond acceptors (Lipinski definition) is 1. The molecule has 0 radical (unpaired) electrons. The van der Waals surface area contributed by atoms with Gasteiger partial charge >= 0.3 is 6.11 Å². The molecule has 0 amide bonds. The minimum Gasteiger partial charge on any atom is -0.429 e. The van der Waals surface area contributed by atoms with Gasteiger partial charge in [-0.15, -0.1) is 0 Å². The highest BCUT2D eigenvalue weighted by molar-refractivity contribution is 5.44. The molecular formula is C23H18F2O. The van der Waals surface area contributed by atoms with E-state index in [9.17, 15) is 8.78 Å².